The lowest BCUT2D eigenvalue weighted by Gasteiger charge is -2.15. The van der Waals surface area contributed by atoms with E-state index < -0.39 is 0 Å². The molecule has 3 atom stereocenters. The Kier molecular flexibility index (Phi) is 4.52. The molecular weight excluding hydrogens is 272 g/mol. The van der Waals surface area contributed by atoms with Crippen molar-refractivity contribution in [2.75, 3.05) is 0 Å². The molecule has 0 saturated heterocycles. The van der Waals surface area contributed by atoms with Gasteiger partial charge in [-0.15, -0.1) is 0 Å². The largest absolute Gasteiger partial charge is 0.324 e. The van der Waals surface area contributed by atoms with Gasteiger partial charge < -0.3 is 5.73 Å². The molecule has 4 heteroatoms. The minimum Gasteiger partial charge on any atom is -0.324 e. The zero-order chi connectivity index (χ0) is 13.3. The van der Waals surface area contributed by atoms with Gasteiger partial charge in [0.15, 0.2) is 0 Å². The second-order valence-corrected chi connectivity index (χ2v) is 5.89. The highest BCUT2D eigenvalue weighted by molar-refractivity contribution is 6.42. The van der Waals surface area contributed by atoms with Crippen LogP contribution in [0.3, 0.4) is 0 Å². The topological polar surface area (TPSA) is 26.0 Å². The molecule has 0 radical (unpaired) electrons. The molecule has 3 unspecified atom stereocenters. The Labute approximate surface area is 117 Å². The summed E-state index contributed by atoms with van der Waals surface area (Å²) in [6.07, 6.45) is 4.32. The third kappa shape index (κ3) is 2.98. The first-order valence-corrected chi connectivity index (χ1v) is 7.19. The Morgan fingerprint density at radius 1 is 1.39 bits per heavy atom. The summed E-state index contributed by atoms with van der Waals surface area (Å²) in [5, 5.41) is 0.619. The van der Waals surface area contributed by atoms with Gasteiger partial charge in [0.05, 0.1) is 10.0 Å². The zero-order valence-electron chi connectivity index (χ0n) is 10.4. The van der Waals surface area contributed by atoms with Gasteiger partial charge in [-0.3, -0.25) is 0 Å². The van der Waals surface area contributed by atoms with Crippen molar-refractivity contribution in [3.63, 3.8) is 0 Å². The van der Waals surface area contributed by atoms with Gasteiger partial charge in [0.2, 0.25) is 0 Å². The van der Waals surface area contributed by atoms with E-state index in [9.17, 15) is 4.39 Å². The van der Waals surface area contributed by atoms with E-state index >= 15 is 0 Å². The van der Waals surface area contributed by atoms with Crippen molar-refractivity contribution in [3.8, 4) is 0 Å². The van der Waals surface area contributed by atoms with E-state index in [0.717, 1.165) is 24.7 Å². The van der Waals surface area contributed by atoms with Crippen LogP contribution in [0.2, 0.25) is 10.0 Å². The van der Waals surface area contributed by atoms with Crippen LogP contribution in [0, 0.1) is 17.7 Å². The minimum atomic E-state index is -0.366. The Morgan fingerprint density at radius 3 is 2.72 bits per heavy atom. The number of halogens is 3. The highest BCUT2D eigenvalue weighted by atomic mass is 35.5. The van der Waals surface area contributed by atoms with Gasteiger partial charge >= 0.3 is 0 Å². The summed E-state index contributed by atoms with van der Waals surface area (Å²) in [6.45, 7) is 2.21. The maximum Gasteiger partial charge on any atom is 0.129 e. The van der Waals surface area contributed by atoms with Crippen LogP contribution < -0.4 is 5.73 Å². The molecular formula is C14H18Cl2FN. The molecule has 0 heterocycles. The summed E-state index contributed by atoms with van der Waals surface area (Å²) in [4.78, 5) is 0. The Bertz CT molecular complexity index is 436. The third-order valence-corrected chi connectivity index (χ3v) is 4.71. The van der Waals surface area contributed by atoms with Crippen LogP contribution in [0.15, 0.2) is 12.1 Å². The molecule has 2 rings (SSSR count). The van der Waals surface area contributed by atoms with E-state index in [1.54, 1.807) is 0 Å². The van der Waals surface area contributed by atoms with E-state index in [4.69, 9.17) is 28.9 Å². The molecule has 1 aliphatic rings. The predicted molar refractivity (Wildman–Crippen MR) is 74.5 cm³/mol. The minimum absolute atomic E-state index is 0.256. The molecule has 1 aliphatic carbocycles. The van der Waals surface area contributed by atoms with Crippen LogP contribution >= 0.6 is 23.2 Å². The highest BCUT2D eigenvalue weighted by Gasteiger charge is 2.35. The van der Waals surface area contributed by atoms with Gasteiger partial charge in [0, 0.05) is 11.6 Å². The molecule has 0 bridgehead atoms. The average molecular weight is 290 g/mol. The molecule has 1 aromatic rings. The van der Waals surface area contributed by atoms with Crippen molar-refractivity contribution in [3.05, 3.63) is 33.6 Å². The zero-order valence-corrected chi connectivity index (χ0v) is 11.9. The summed E-state index contributed by atoms with van der Waals surface area (Å²) in [5.74, 6) is 1.25. The molecule has 0 amide bonds. The van der Waals surface area contributed by atoms with Gasteiger partial charge in [-0.25, -0.2) is 4.39 Å². The van der Waals surface area contributed by atoms with Gasteiger partial charge in [-0.2, -0.15) is 0 Å². The maximum atomic E-state index is 13.7. The fraction of sp³-hybridized carbons (Fsp3) is 0.571. The molecule has 0 aliphatic heterocycles. The molecule has 0 aromatic heterocycles. The fourth-order valence-electron chi connectivity index (χ4n) is 2.58. The second-order valence-electron chi connectivity index (χ2n) is 5.10. The van der Waals surface area contributed by atoms with E-state index in [2.05, 4.69) is 6.92 Å². The predicted octanol–water partition coefficient (Wildman–Crippen LogP) is 4.96. The molecule has 18 heavy (non-hydrogen) atoms. The first-order valence-electron chi connectivity index (χ1n) is 6.43. The van der Waals surface area contributed by atoms with Crippen LogP contribution in [-0.2, 0) is 0 Å². The first kappa shape index (κ1) is 14.1. The first-order chi connectivity index (χ1) is 8.54. The number of nitrogens with two attached hydrogens (primary N) is 1. The number of rotatable bonds is 5. The number of benzene rings is 1. The van der Waals surface area contributed by atoms with Crippen LogP contribution in [0.4, 0.5) is 4.39 Å². The standard InChI is InChI=1S/C14H18Cl2FN/c1-2-8-7-9(8)3-6-12(18)13-11(17)5-4-10(15)14(13)16/h4-5,8-9,12H,2-3,6-7,18H2,1H3. The average Bonchev–Trinajstić information content (AvgIpc) is 3.10. The summed E-state index contributed by atoms with van der Waals surface area (Å²) in [7, 11) is 0. The molecule has 2 N–H and O–H groups in total. The van der Waals surface area contributed by atoms with Crippen molar-refractivity contribution in [1.82, 2.24) is 0 Å². The fourth-order valence-corrected chi connectivity index (χ4v) is 3.04. The quantitative estimate of drug-likeness (QED) is 0.762. The lowest BCUT2D eigenvalue weighted by atomic mass is 10.00. The highest BCUT2D eigenvalue weighted by Crippen LogP contribution is 2.45. The lowest BCUT2D eigenvalue weighted by molar-refractivity contribution is 0.518. The SMILES string of the molecule is CCC1CC1CCC(N)c1c(F)ccc(Cl)c1Cl. The summed E-state index contributed by atoms with van der Waals surface area (Å²) in [6, 6.07) is 2.42. The van der Waals surface area contributed by atoms with Crippen molar-refractivity contribution >= 4 is 23.2 Å². The van der Waals surface area contributed by atoms with Gasteiger partial charge in [-0.05, 0) is 43.2 Å². The molecule has 100 valence electrons. The molecule has 1 nitrogen and oxygen atoms in total. The second kappa shape index (κ2) is 5.77. The van der Waals surface area contributed by atoms with Gasteiger partial charge in [0.25, 0.3) is 0 Å². The smallest absolute Gasteiger partial charge is 0.129 e. The van der Waals surface area contributed by atoms with Crippen LogP contribution in [-0.4, -0.2) is 0 Å². The normalized spacial score (nSPS) is 24.1. The van der Waals surface area contributed by atoms with Gasteiger partial charge in [0.1, 0.15) is 5.82 Å². The molecule has 1 fully saturated rings. The van der Waals surface area contributed by atoms with Crippen molar-refractivity contribution in [1.29, 1.82) is 0 Å². The molecule has 1 saturated carbocycles. The van der Waals surface area contributed by atoms with E-state index in [1.807, 2.05) is 0 Å². The van der Waals surface area contributed by atoms with Crippen molar-refractivity contribution < 1.29 is 4.39 Å². The van der Waals surface area contributed by atoms with E-state index in [-0.39, 0.29) is 16.9 Å². The summed E-state index contributed by atoms with van der Waals surface area (Å²) in [5.41, 5.74) is 6.40. The third-order valence-electron chi connectivity index (χ3n) is 3.89. The molecule has 0 spiro atoms. The Hall–Kier alpha value is -0.310. The van der Waals surface area contributed by atoms with E-state index in [1.165, 1.54) is 25.0 Å². The lowest BCUT2D eigenvalue weighted by Crippen LogP contribution is -2.13. The Balaban J connectivity index is 2.00. The molecule has 1 aromatic carbocycles. The van der Waals surface area contributed by atoms with E-state index in [0.29, 0.717) is 10.6 Å². The Morgan fingerprint density at radius 2 is 2.11 bits per heavy atom. The van der Waals surface area contributed by atoms with Crippen LogP contribution in [0.1, 0.15) is 44.2 Å². The summed E-state index contributed by atoms with van der Waals surface area (Å²) >= 11 is 11.9. The van der Waals surface area contributed by atoms with Gasteiger partial charge in [-0.1, -0.05) is 36.5 Å². The maximum absolute atomic E-state index is 13.7. The van der Waals surface area contributed by atoms with Crippen molar-refractivity contribution in [2.45, 2.75) is 38.6 Å². The number of hydrogen-bond acceptors (Lipinski definition) is 1. The van der Waals surface area contributed by atoms with Crippen LogP contribution in [0.5, 0.6) is 0 Å². The van der Waals surface area contributed by atoms with Crippen LogP contribution in [0.25, 0.3) is 0 Å². The number of hydrogen-bond donors (Lipinski definition) is 1. The monoisotopic (exact) mass is 289 g/mol. The summed E-state index contributed by atoms with van der Waals surface area (Å²) < 4.78 is 13.7. The van der Waals surface area contributed by atoms with Crippen molar-refractivity contribution in [2.24, 2.45) is 17.6 Å².